The molecule has 0 spiro atoms. The van der Waals surface area contributed by atoms with Crippen LogP contribution in [0.4, 0.5) is 0 Å². The molecular formula is C8H13N3O. The van der Waals surface area contributed by atoms with E-state index in [4.69, 9.17) is 0 Å². The van der Waals surface area contributed by atoms with Crippen LogP contribution in [0.2, 0.25) is 0 Å². The van der Waals surface area contributed by atoms with E-state index in [1.807, 2.05) is 6.92 Å². The highest BCUT2D eigenvalue weighted by Crippen LogP contribution is 2.04. The monoisotopic (exact) mass is 167 g/mol. The van der Waals surface area contributed by atoms with Gasteiger partial charge in [0.2, 0.25) is 0 Å². The van der Waals surface area contributed by atoms with Crippen molar-refractivity contribution in [3.63, 3.8) is 0 Å². The van der Waals surface area contributed by atoms with E-state index in [0.717, 1.165) is 18.5 Å². The minimum Gasteiger partial charge on any atom is -0.296 e. The average molecular weight is 167 g/mol. The van der Waals surface area contributed by atoms with Gasteiger partial charge in [0, 0.05) is 6.54 Å². The highest BCUT2D eigenvalue weighted by atomic mass is 16.1. The summed E-state index contributed by atoms with van der Waals surface area (Å²) in [4.78, 5) is 10.4. The maximum atomic E-state index is 10.4. The van der Waals surface area contributed by atoms with Gasteiger partial charge in [-0.1, -0.05) is 19.1 Å². The maximum Gasteiger partial charge on any atom is 0.172 e. The molecule has 0 aliphatic heterocycles. The number of aromatic nitrogens is 3. The molecule has 66 valence electrons. The zero-order chi connectivity index (χ0) is 9.14. The standard InChI is InChI=1S/C8H13N3O/c1-6(2)4-11-7(3)8(5-12)9-10-11/h5-6H,4H2,1-3H3. The molecule has 12 heavy (non-hydrogen) atoms. The summed E-state index contributed by atoms with van der Waals surface area (Å²) in [7, 11) is 0. The average Bonchev–Trinajstić information content (AvgIpc) is 2.32. The lowest BCUT2D eigenvalue weighted by Crippen LogP contribution is -2.08. The second kappa shape index (κ2) is 3.47. The Labute approximate surface area is 71.6 Å². The Kier molecular flexibility index (Phi) is 2.58. The van der Waals surface area contributed by atoms with E-state index >= 15 is 0 Å². The predicted molar refractivity (Wildman–Crippen MR) is 45.0 cm³/mol. The van der Waals surface area contributed by atoms with E-state index in [-0.39, 0.29) is 0 Å². The second-order valence-electron chi connectivity index (χ2n) is 3.25. The van der Waals surface area contributed by atoms with E-state index < -0.39 is 0 Å². The quantitative estimate of drug-likeness (QED) is 0.632. The zero-order valence-electron chi connectivity index (χ0n) is 7.61. The van der Waals surface area contributed by atoms with Crippen molar-refractivity contribution in [2.45, 2.75) is 27.3 Å². The SMILES string of the molecule is Cc1c(C=O)nnn1CC(C)C. The van der Waals surface area contributed by atoms with Crippen molar-refractivity contribution in [2.24, 2.45) is 5.92 Å². The van der Waals surface area contributed by atoms with E-state index in [1.54, 1.807) is 4.68 Å². The Bertz CT molecular complexity index is 278. The Hall–Kier alpha value is -1.19. The number of hydrogen-bond donors (Lipinski definition) is 0. The zero-order valence-corrected chi connectivity index (χ0v) is 7.61. The molecule has 0 radical (unpaired) electrons. The van der Waals surface area contributed by atoms with Crippen molar-refractivity contribution in [2.75, 3.05) is 0 Å². The predicted octanol–water partition coefficient (Wildman–Crippen LogP) is 1.06. The molecule has 4 nitrogen and oxygen atoms in total. The fraction of sp³-hybridized carbons (Fsp3) is 0.625. The van der Waals surface area contributed by atoms with Crippen LogP contribution in [0.3, 0.4) is 0 Å². The van der Waals surface area contributed by atoms with Gasteiger partial charge in [-0.05, 0) is 12.8 Å². The van der Waals surface area contributed by atoms with Crippen LogP contribution in [0.15, 0.2) is 0 Å². The summed E-state index contributed by atoms with van der Waals surface area (Å²) in [5, 5.41) is 7.59. The normalized spacial score (nSPS) is 10.7. The summed E-state index contributed by atoms with van der Waals surface area (Å²) in [5.74, 6) is 0.518. The number of carbonyl (C=O) groups excluding carboxylic acids is 1. The van der Waals surface area contributed by atoms with Crippen molar-refractivity contribution < 1.29 is 4.79 Å². The highest BCUT2D eigenvalue weighted by molar-refractivity contribution is 5.72. The lowest BCUT2D eigenvalue weighted by molar-refractivity contribution is 0.111. The third-order valence-electron chi connectivity index (χ3n) is 1.67. The molecule has 0 saturated carbocycles. The number of nitrogens with zero attached hydrogens (tertiary/aromatic N) is 3. The molecule has 0 saturated heterocycles. The molecule has 1 aromatic heterocycles. The van der Waals surface area contributed by atoms with Crippen LogP contribution in [0, 0.1) is 12.8 Å². The number of rotatable bonds is 3. The first-order chi connectivity index (χ1) is 5.65. The first-order valence-electron chi connectivity index (χ1n) is 4.00. The smallest absolute Gasteiger partial charge is 0.172 e. The highest BCUT2D eigenvalue weighted by Gasteiger charge is 2.07. The van der Waals surface area contributed by atoms with Gasteiger partial charge in [-0.2, -0.15) is 0 Å². The summed E-state index contributed by atoms with van der Waals surface area (Å²) < 4.78 is 1.76. The van der Waals surface area contributed by atoms with Crippen LogP contribution < -0.4 is 0 Å². The molecule has 0 bridgehead atoms. The van der Waals surface area contributed by atoms with Gasteiger partial charge in [-0.3, -0.25) is 4.79 Å². The first-order valence-corrected chi connectivity index (χ1v) is 4.00. The molecule has 1 rings (SSSR count). The third kappa shape index (κ3) is 1.69. The molecule has 0 atom stereocenters. The molecule has 0 N–H and O–H groups in total. The molecule has 0 fully saturated rings. The summed E-state index contributed by atoms with van der Waals surface area (Å²) in [6.07, 6.45) is 0.735. The Balaban J connectivity index is 2.86. The number of aldehydes is 1. The summed E-state index contributed by atoms with van der Waals surface area (Å²) >= 11 is 0. The lowest BCUT2D eigenvalue weighted by atomic mass is 10.2. The minimum absolute atomic E-state index is 0.440. The molecule has 0 amide bonds. The largest absolute Gasteiger partial charge is 0.296 e. The number of hydrogen-bond acceptors (Lipinski definition) is 3. The molecule has 0 aliphatic rings. The first kappa shape index (κ1) is 8.90. The summed E-state index contributed by atoms with van der Waals surface area (Å²) in [6.45, 7) is 6.86. The van der Waals surface area contributed by atoms with Gasteiger partial charge in [-0.15, -0.1) is 5.10 Å². The maximum absolute atomic E-state index is 10.4. The molecule has 0 unspecified atom stereocenters. The van der Waals surface area contributed by atoms with Crippen LogP contribution in [-0.4, -0.2) is 21.3 Å². The van der Waals surface area contributed by atoms with Crippen molar-refractivity contribution in [3.8, 4) is 0 Å². The van der Waals surface area contributed by atoms with Gasteiger partial charge in [0.05, 0.1) is 5.69 Å². The molecule has 0 aromatic carbocycles. The molecule has 4 heteroatoms. The van der Waals surface area contributed by atoms with Crippen LogP contribution in [0.5, 0.6) is 0 Å². The fourth-order valence-corrected chi connectivity index (χ4v) is 1.00. The Morgan fingerprint density at radius 1 is 1.58 bits per heavy atom. The lowest BCUT2D eigenvalue weighted by Gasteiger charge is -2.04. The van der Waals surface area contributed by atoms with E-state index in [0.29, 0.717) is 11.6 Å². The van der Waals surface area contributed by atoms with E-state index in [1.165, 1.54) is 0 Å². The van der Waals surface area contributed by atoms with Gasteiger partial charge < -0.3 is 0 Å². The molecule has 0 aliphatic carbocycles. The second-order valence-corrected chi connectivity index (χ2v) is 3.25. The van der Waals surface area contributed by atoms with Crippen molar-refractivity contribution in [1.82, 2.24) is 15.0 Å². The topological polar surface area (TPSA) is 47.8 Å². The van der Waals surface area contributed by atoms with E-state index in [2.05, 4.69) is 24.2 Å². The van der Waals surface area contributed by atoms with Gasteiger partial charge in [-0.25, -0.2) is 4.68 Å². The Morgan fingerprint density at radius 3 is 2.67 bits per heavy atom. The van der Waals surface area contributed by atoms with Crippen molar-refractivity contribution >= 4 is 6.29 Å². The van der Waals surface area contributed by atoms with Crippen LogP contribution in [0.25, 0.3) is 0 Å². The van der Waals surface area contributed by atoms with Gasteiger partial charge in [0.1, 0.15) is 5.69 Å². The summed E-state index contributed by atoms with van der Waals surface area (Å²) in [6, 6.07) is 0. The van der Waals surface area contributed by atoms with Crippen molar-refractivity contribution in [1.29, 1.82) is 0 Å². The van der Waals surface area contributed by atoms with Crippen LogP contribution in [0.1, 0.15) is 30.0 Å². The van der Waals surface area contributed by atoms with Crippen LogP contribution in [-0.2, 0) is 6.54 Å². The minimum atomic E-state index is 0.440. The summed E-state index contributed by atoms with van der Waals surface area (Å²) in [5.41, 5.74) is 1.29. The van der Waals surface area contributed by atoms with Gasteiger partial charge >= 0.3 is 0 Å². The van der Waals surface area contributed by atoms with Gasteiger partial charge in [0.25, 0.3) is 0 Å². The fourth-order valence-electron chi connectivity index (χ4n) is 1.00. The third-order valence-corrected chi connectivity index (χ3v) is 1.67. The number of carbonyl (C=O) groups is 1. The molecular weight excluding hydrogens is 154 g/mol. The van der Waals surface area contributed by atoms with Crippen molar-refractivity contribution in [3.05, 3.63) is 11.4 Å². The van der Waals surface area contributed by atoms with Gasteiger partial charge in [0.15, 0.2) is 6.29 Å². The van der Waals surface area contributed by atoms with Crippen LogP contribution >= 0.6 is 0 Å². The van der Waals surface area contributed by atoms with E-state index in [9.17, 15) is 4.79 Å². The molecule has 1 heterocycles. The molecule has 1 aromatic rings. The Morgan fingerprint density at radius 2 is 2.25 bits per heavy atom.